The van der Waals surface area contributed by atoms with Crippen molar-refractivity contribution in [1.29, 1.82) is 0 Å². The van der Waals surface area contributed by atoms with Crippen LogP contribution in [0.3, 0.4) is 0 Å². The zero-order valence-electron chi connectivity index (χ0n) is 15.9. The van der Waals surface area contributed by atoms with Gasteiger partial charge in [-0.05, 0) is 25.0 Å². The molecule has 1 aliphatic heterocycles. The maximum atomic E-state index is 13.2. The van der Waals surface area contributed by atoms with Gasteiger partial charge in [0.05, 0.1) is 11.1 Å². The van der Waals surface area contributed by atoms with Crippen molar-refractivity contribution in [2.45, 2.75) is 43.0 Å². The molecule has 0 saturated heterocycles. The van der Waals surface area contributed by atoms with Crippen LogP contribution >= 0.6 is 0 Å². The van der Waals surface area contributed by atoms with Crippen LogP contribution in [-0.4, -0.2) is 39.3 Å². The highest BCUT2D eigenvalue weighted by Gasteiger charge is 2.44. The zero-order chi connectivity index (χ0) is 21.0. The van der Waals surface area contributed by atoms with Gasteiger partial charge in [0.2, 0.25) is 0 Å². The molecule has 0 spiro atoms. The number of rotatable bonds is 3. The van der Waals surface area contributed by atoms with Crippen LogP contribution in [0.1, 0.15) is 58.9 Å². The Kier molecular flexibility index (Phi) is 4.23. The molecule has 30 heavy (non-hydrogen) atoms. The number of amides is 2. The van der Waals surface area contributed by atoms with Crippen LogP contribution in [0.4, 0.5) is 5.82 Å². The van der Waals surface area contributed by atoms with Crippen molar-refractivity contribution in [2.75, 3.05) is 4.90 Å². The summed E-state index contributed by atoms with van der Waals surface area (Å²) in [6.45, 7) is 0. The molecule has 154 valence electrons. The highest BCUT2D eigenvalue weighted by molar-refractivity contribution is 7.86. The van der Waals surface area contributed by atoms with Crippen LogP contribution in [0.5, 0.6) is 0 Å². The second-order valence-corrected chi connectivity index (χ2v) is 8.87. The second-order valence-electron chi connectivity index (χ2n) is 7.51. The monoisotopic (exact) mass is 426 g/mol. The Labute approximate surface area is 172 Å². The Hall–Kier alpha value is -3.11. The van der Waals surface area contributed by atoms with Gasteiger partial charge in [-0.3, -0.25) is 14.1 Å². The van der Waals surface area contributed by atoms with Gasteiger partial charge in [-0.15, -0.1) is 0 Å². The van der Waals surface area contributed by atoms with E-state index in [1.54, 1.807) is 16.7 Å². The summed E-state index contributed by atoms with van der Waals surface area (Å²) >= 11 is 0. The summed E-state index contributed by atoms with van der Waals surface area (Å²) in [6, 6.07) is 6.14. The van der Waals surface area contributed by atoms with Gasteiger partial charge >= 0.3 is 10.1 Å². The summed E-state index contributed by atoms with van der Waals surface area (Å²) in [5, 5.41) is 0. The molecule has 10 heteroatoms. The van der Waals surface area contributed by atoms with E-state index < -0.39 is 26.8 Å². The lowest BCUT2D eigenvalue weighted by atomic mass is 9.95. The number of nitrogens with zero attached hydrogens (tertiary/aromatic N) is 4. The fourth-order valence-electron chi connectivity index (χ4n) is 4.50. The zero-order valence-corrected chi connectivity index (χ0v) is 16.7. The summed E-state index contributed by atoms with van der Waals surface area (Å²) in [5.41, 5.74) is 0.538. The molecule has 1 saturated carbocycles. The molecule has 0 unspecified atom stereocenters. The summed E-state index contributed by atoms with van der Waals surface area (Å²) in [4.78, 5) is 35.0. The van der Waals surface area contributed by atoms with E-state index in [9.17, 15) is 22.6 Å². The molecule has 1 N–H and O–H groups in total. The summed E-state index contributed by atoms with van der Waals surface area (Å²) < 4.78 is 36.5. The maximum Gasteiger partial charge on any atom is 0.300 e. The molecular weight excluding hydrogens is 408 g/mol. The number of carbonyl (C=O) groups is 2. The van der Waals surface area contributed by atoms with Gasteiger partial charge in [0.25, 0.3) is 11.8 Å². The van der Waals surface area contributed by atoms with Crippen LogP contribution in [0.15, 0.2) is 41.6 Å². The number of hydrogen-bond donors (Lipinski definition) is 1. The van der Waals surface area contributed by atoms with Crippen LogP contribution in [0.2, 0.25) is 0 Å². The number of benzene rings is 1. The van der Waals surface area contributed by atoms with Crippen molar-refractivity contribution in [2.24, 2.45) is 0 Å². The van der Waals surface area contributed by atoms with Crippen LogP contribution < -0.4 is 4.90 Å². The lowest BCUT2D eigenvalue weighted by Crippen LogP contribution is -2.33. The predicted molar refractivity (Wildman–Crippen MR) is 107 cm³/mol. The second kappa shape index (κ2) is 6.71. The first-order chi connectivity index (χ1) is 14.4. The van der Waals surface area contributed by atoms with Gasteiger partial charge in [-0.25, -0.2) is 14.9 Å². The summed E-state index contributed by atoms with van der Waals surface area (Å²) in [5.74, 6) is -1.46. The molecule has 1 aromatic carbocycles. The maximum absolute atomic E-state index is 13.2. The van der Waals surface area contributed by atoms with Crippen molar-refractivity contribution < 1.29 is 22.6 Å². The van der Waals surface area contributed by atoms with Gasteiger partial charge in [-0.2, -0.15) is 8.42 Å². The van der Waals surface area contributed by atoms with E-state index in [1.807, 2.05) is 0 Å². The standard InChI is InChI=1S/C20H18N4O5S/c25-19-13-8-4-5-9-14(13)20(26)24(19)18-16(30(27,28)29)15-17(22-11-10-21-15)23(18)12-6-2-1-3-7-12/h4-5,8-12H,1-3,6-7H2,(H,27,28,29). The van der Waals surface area contributed by atoms with Crippen molar-refractivity contribution in [3.63, 3.8) is 0 Å². The predicted octanol–water partition coefficient (Wildman–Crippen LogP) is 2.98. The Morgan fingerprint density at radius 1 is 0.933 bits per heavy atom. The molecule has 2 aliphatic rings. The minimum Gasteiger partial charge on any atom is -0.306 e. The first-order valence-corrected chi connectivity index (χ1v) is 11.1. The largest absolute Gasteiger partial charge is 0.306 e. The average Bonchev–Trinajstić information content (AvgIpc) is 3.21. The molecule has 0 atom stereocenters. The Bertz CT molecular complexity index is 1270. The van der Waals surface area contributed by atoms with Gasteiger partial charge in [0, 0.05) is 18.4 Å². The molecule has 5 rings (SSSR count). The Morgan fingerprint density at radius 2 is 1.53 bits per heavy atom. The molecule has 3 aromatic rings. The molecule has 2 aromatic heterocycles. The lowest BCUT2D eigenvalue weighted by molar-refractivity contribution is 0.0922. The van der Waals surface area contributed by atoms with E-state index in [0.717, 1.165) is 37.0 Å². The first-order valence-electron chi connectivity index (χ1n) is 9.70. The number of hydrogen-bond acceptors (Lipinski definition) is 6. The number of imide groups is 1. The Morgan fingerprint density at radius 3 is 2.13 bits per heavy atom. The topological polar surface area (TPSA) is 122 Å². The third-order valence-corrected chi connectivity index (χ3v) is 6.65. The third kappa shape index (κ3) is 2.67. The van der Waals surface area contributed by atoms with E-state index in [-0.39, 0.29) is 34.2 Å². The highest BCUT2D eigenvalue weighted by atomic mass is 32.2. The molecular formula is C20H18N4O5S. The molecule has 3 heterocycles. The minimum absolute atomic E-state index is 0.0582. The fourth-order valence-corrected chi connectivity index (χ4v) is 5.30. The molecule has 0 radical (unpaired) electrons. The van der Waals surface area contributed by atoms with E-state index in [2.05, 4.69) is 9.97 Å². The van der Waals surface area contributed by atoms with Gasteiger partial charge in [0.15, 0.2) is 10.5 Å². The van der Waals surface area contributed by atoms with E-state index in [1.165, 1.54) is 24.5 Å². The van der Waals surface area contributed by atoms with Gasteiger partial charge < -0.3 is 4.57 Å². The highest BCUT2D eigenvalue weighted by Crippen LogP contribution is 2.43. The number of fused-ring (bicyclic) bond motifs is 2. The fraction of sp³-hybridized carbons (Fsp3) is 0.300. The van der Waals surface area contributed by atoms with Crippen molar-refractivity contribution >= 4 is 38.9 Å². The third-order valence-electron chi connectivity index (χ3n) is 5.76. The van der Waals surface area contributed by atoms with Gasteiger partial charge in [-0.1, -0.05) is 31.4 Å². The molecule has 1 aliphatic carbocycles. The van der Waals surface area contributed by atoms with Crippen molar-refractivity contribution in [3.05, 3.63) is 47.8 Å². The quantitative estimate of drug-likeness (QED) is 0.504. The molecule has 9 nitrogen and oxygen atoms in total. The van der Waals surface area contributed by atoms with Crippen molar-refractivity contribution in [3.8, 4) is 0 Å². The smallest absolute Gasteiger partial charge is 0.300 e. The van der Waals surface area contributed by atoms with E-state index in [0.29, 0.717) is 0 Å². The number of aromatic nitrogens is 3. The molecule has 1 fully saturated rings. The normalized spacial score (nSPS) is 17.7. The lowest BCUT2D eigenvalue weighted by Gasteiger charge is -2.28. The number of carbonyl (C=O) groups excluding carboxylic acids is 2. The SMILES string of the molecule is O=C1c2ccccc2C(=O)N1c1c(S(=O)(=O)O)c2nccnc2n1C1CCCCC1. The average molecular weight is 426 g/mol. The van der Waals surface area contributed by atoms with E-state index in [4.69, 9.17) is 0 Å². The molecule has 0 bridgehead atoms. The summed E-state index contributed by atoms with van der Waals surface area (Å²) in [7, 11) is -4.82. The van der Waals surface area contributed by atoms with Crippen LogP contribution in [0.25, 0.3) is 11.2 Å². The Balaban J connectivity index is 1.85. The van der Waals surface area contributed by atoms with Gasteiger partial charge in [0.1, 0.15) is 11.3 Å². The summed E-state index contributed by atoms with van der Waals surface area (Å²) in [6.07, 6.45) is 7.11. The molecule has 2 amide bonds. The van der Waals surface area contributed by atoms with Crippen LogP contribution in [0, 0.1) is 0 Å². The minimum atomic E-state index is -4.82. The van der Waals surface area contributed by atoms with E-state index >= 15 is 0 Å². The van der Waals surface area contributed by atoms with Crippen molar-refractivity contribution in [1.82, 2.24) is 14.5 Å². The number of anilines is 1. The van der Waals surface area contributed by atoms with Crippen LogP contribution in [-0.2, 0) is 10.1 Å². The first kappa shape index (κ1) is 18.9.